The van der Waals surface area contributed by atoms with Crippen molar-refractivity contribution in [3.05, 3.63) is 64.4 Å². The van der Waals surface area contributed by atoms with Gasteiger partial charge in [-0.1, -0.05) is 23.7 Å². The molecular formula is C15H9ClFNO2. The number of Topliss-reactive ketones (excluding diaryl/α,β-unsaturated/α-hetero) is 1. The lowest BCUT2D eigenvalue weighted by Gasteiger charge is -2.08. The SMILES string of the molecule is N#Cc1ccc(OCC(=O)c2ccccc2F)c(Cl)c1. The maximum absolute atomic E-state index is 13.4. The largest absolute Gasteiger partial charge is 0.484 e. The predicted octanol–water partition coefficient (Wildman–Crippen LogP) is 3.61. The van der Waals surface area contributed by atoms with Crippen LogP contribution in [-0.4, -0.2) is 12.4 Å². The van der Waals surface area contributed by atoms with E-state index in [-0.39, 0.29) is 22.9 Å². The van der Waals surface area contributed by atoms with Gasteiger partial charge in [0.25, 0.3) is 0 Å². The van der Waals surface area contributed by atoms with E-state index in [9.17, 15) is 9.18 Å². The Bertz CT molecular complexity index is 695. The number of hydrogen-bond acceptors (Lipinski definition) is 3. The average molecular weight is 290 g/mol. The number of rotatable bonds is 4. The average Bonchev–Trinajstić information content (AvgIpc) is 2.46. The number of nitrogens with zero attached hydrogens (tertiary/aromatic N) is 1. The van der Waals surface area contributed by atoms with E-state index in [0.717, 1.165) is 0 Å². The van der Waals surface area contributed by atoms with E-state index >= 15 is 0 Å². The van der Waals surface area contributed by atoms with Gasteiger partial charge < -0.3 is 4.74 Å². The number of ether oxygens (including phenoxy) is 1. The third kappa shape index (κ3) is 3.14. The molecule has 20 heavy (non-hydrogen) atoms. The molecule has 0 aliphatic heterocycles. The van der Waals surface area contributed by atoms with Crippen LogP contribution in [0.15, 0.2) is 42.5 Å². The standard InChI is InChI=1S/C15H9ClFNO2/c16-12-7-10(8-18)5-6-15(12)20-9-14(19)11-3-1-2-4-13(11)17/h1-7H,9H2. The van der Waals surface area contributed by atoms with Gasteiger partial charge in [-0.25, -0.2) is 4.39 Å². The van der Waals surface area contributed by atoms with Crippen molar-refractivity contribution in [2.24, 2.45) is 0 Å². The van der Waals surface area contributed by atoms with Gasteiger partial charge in [-0.3, -0.25) is 4.79 Å². The van der Waals surface area contributed by atoms with E-state index in [1.54, 1.807) is 6.07 Å². The quantitative estimate of drug-likeness (QED) is 0.808. The van der Waals surface area contributed by atoms with Gasteiger partial charge in [-0.2, -0.15) is 5.26 Å². The fourth-order valence-corrected chi connectivity index (χ4v) is 1.83. The number of nitriles is 1. The lowest BCUT2D eigenvalue weighted by Crippen LogP contribution is -2.13. The molecule has 0 aliphatic rings. The van der Waals surface area contributed by atoms with Gasteiger partial charge in [0.05, 0.1) is 22.2 Å². The normalized spacial score (nSPS) is 9.85. The molecule has 0 spiro atoms. The number of halogens is 2. The molecule has 0 saturated heterocycles. The van der Waals surface area contributed by atoms with Gasteiger partial charge in [0.2, 0.25) is 5.78 Å². The van der Waals surface area contributed by atoms with Crippen molar-refractivity contribution in [2.45, 2.75) is 0 Å². The molecule has 0 unspecified atom stereocenters. The molecular weight excluding hydrogens is 281 g/mol. The summed E-state index contributed by atoms with van der Waals surface area (Å²) < 4.78 is 18.7. The second kappa shape index (κ2) is 6.18. The highest BCUT2D eigenvalue weighted by Gasteiger charge is 2.12. The molecule has 0 aliphatic carbocycles. The van der Waals surface area contributed by atoms with E-state index in [1.165, 1.54) is 36.4 Å². The third-order valence-electron chi connectivity index (χ3n) is 2.59. The zero-order valence-corrected chi connectivity index (χ0v) is 11.0. The minimum atomic E-state index is -0.591. The minimum absolute atomic E-state index is 0.0303. The summed E-state index contributed by atoms with van der Waals surface area (Å²) >= 11 is 5.91. The molecule has 0 atom stereocenters. The lowest BCUT2D eigenvalue weighted by molar-refractivity contribution is 0.0917. The van der Waals surface area contributed by atoms with Gasteiger partial charge in [0.15, 0.2) is 6.61 Å². The second-order valence-electron chi connectivity index (χ2n) is 3.95. The monoisotopic (exact) mass is 289 g/mol. The van der Waals surface area contributed by atoms with Crippen molar-refractivity contribution in [1.82, 2.24) is 0 Å². The predicted molar refractivity (Wildman–Crippen MR) is 72.4 cm³/mol. The molecule has 0 bridgehead atoms. The zero-order valence-electron chi connectivity index (χ0n) is 10.3. The maximum atomic E-state index is 13.4. The van der Waals surface area contributed by atoms with Gasteiger partial charge in [-0.15, -0.1) is 0 Å². The van der Waals surface area contributed by atoms with Gasteiger partial charge in [0.1, 0.15) is 11.6 Å². The van der Waals surface area contributed by atoms with Crippen molar-refractivity contribution in [1.29, 1.82) is 5.26 Å². The molecule has 2 aromatic carbocycles. The van der Waals surface area contributed by atoms with Crippen LogP contribution in [-0.2, 0) is 0 Å². The highest BCUT2D eigenvalue weighted by Crippen LogP contribution is 2.25. The Morgan fingerprint density at radius 2 is 2.05 bits per heavy atom. The van der Waals surface area contributed by atoms with Crippen molar-refractivity contribution in [3.8, 4) is 11.8 Å². The second-order valence-corrected chi connectivity index (χ2v) is 4.36. The Morgan fingerprint density at radius 1 is 1.30 bits per heavy atom. The number of ketones is 1. The van der Waals surface area contributed by atoms with Crippen LogP contribution in [0.5, 0.6) is 5.75 Å². The number of carbonyl (C=O) groups is 1. The Kier molecular flexibility index (Phi) is 4.34. The zero-order chi connectivity index (χ0) is 14.5. The van der Waals surface area contributed by atoms with Crippen LogP contribution in [0, 0.1) is 17.1 Å². The van der Waals surface area contributed by atoms with Crippen LogP contribution in [0.1, 0.15) is 15.9 Å². The topological polar surface area (TPSA) is 50.1 Å². The summed E-state index contributed by atoms with van der Waals surface area (Å²) in [5.41, 5.74) is 0.361. The third-order valence-corrected chi connectivity index (χ3v) is 2.89. The summed E-state index contributed by atoms with van der Waals surface area (Å²) in [6.07, 6.45) is 0. The fourth-order valence-electron chi connectivity index (χ4n) is 1.60. The smallest absolute Gasteiger partial charge is 0.203 e. The minimum Gasteiger partial charge on any atom is -0.484 e. The van der Waals surface area contributed by atoms with Gasteiger partial charge in [0, 0.05) is 0 Å². The van der Waals surface area contributed by atoms with Crippen LogP contribution >= 0.6 is 11.6 Å². The molecule has 100 valence electrons. The van der Waals surface area contributed by atoms with E-state index in [4.69, 9.17) is 21.6 Å². The molecule has 2 aromatic rings. The van der Waals surface area contributed by atoms with Crippen molar-refractivity contribution in [2.75, 3.05) is 6.61 Å². The van der Waals surface area contributed by atoms with E-state index in [0.29, 0.717) is 5.56 Å². The van der Waals surface area contributed by atoms with Gasteiger partial charge >= 0.3 is 0 Å². The molecule has 0 fully saturated rings. The Hall–Kier alpha value is -2.38. The van der Waals surface area contributed by atoms with Gasteiger partial charge in [-0.05, 0) is 30.3 Å². The summed E-state index contributed by atoms with van der Waals surface area (Å²) in [4.78, 5) is 11.8. The molecule has 5 heteroatoms. The number of benzene rings is 2. The van der Waals surface area contributed by atoms with E-state index in [2.05, 4.69) is 0 Å². The Morgan fingerprint density at radius 3 is 2.70 bits per heavy atom. The van der Waals surface area contributed by atoms with Crippen LogP contribution in [0.25, 0.3) is 0 Å². The Balaban J connectivity index is 2.08. The van der Waals surface area contributed by atoms with Crippen LogP contribution < -0.4 is 4.74 Å². The number of carbonyl (C=O) groups excluding carboxylic acids is 1. The summed E-state index contributed by atoms with van der Waals surface area (Å²) in [6, 6.07) is 12.1. The molecule has 0 heterocycles. The van der Waals surface area contributed by atoms with Crippen molar-refractivity contribution >= 4 is 17.4 Å². The molecule has 0 aromatic heterocycles. The van der Waals surface area contributed by atoms with Crippen LogP contribution in [0.3, 0.4) is 0 Å². The van der Waals surface area contributed by atoms with E-state index in [1.807, 2.05) is 6.07 Å². The molecule has 0 saturated carbocycles. The Labute approximate surface area is 120 Å². The molecule has 3 nitrogen and oxygen atoms in total. The molecule has 0 radical (unpaired) electrons. The number of hydrogen-bond donors (Lipinski definition) is 0. The first-order valence-corrected chi connectivity index (χ1v) is 6.10. The molecule has 0 amide bonds. The fraction of sp³-hybridized carbons (Fsp3) is 0.0667. The van der Waals surface area contributed by atoms with Crippen LogP contribution in [0.2, 0.25) is 5.02 Å². The summed E-state index contributed by atoms with van der Waals surface area (Å²) in [6.45, 7) is -0.327. The summed E-state index contributed by atoms with van der Waals surface area (Å²) in [5.74, 6) is -0.800. The lowest BCUT2D eigenvalue weighted by atomic mass is 10.1. The maximum Gasteiger partial charge on any atom is 0.203 e. The first kappa shape index (κ1) is 14.0. The highest BCUT2D eigenvalue weighted by atomic mass is 35.5. The summed E-state index contributed by atoms with van der Waals surface area (Å²) in [7, 11) is 0. The van der Waals surface area contributed by atoms with Crippen molar-refractivity contribution < 1.29 is 13.9 Å². The molecule has 2 rings (SSSR count). The molecule has 0 N–H and O–H groups in total. The summed E-state index contributed by atoms with van der Waals surface area (Å²) in [5, 5.41) is 8.93. The highest BCUT2D eigenvalue weighted by molar-refractivity contribution is 6.32. The van der Waals surface area contributed by atoms with Crippen LogP contribution in [0.4, 0.5) is 4.39 Å². The first-order chi connectivity index (χ1) is 9.61. The van der Waals surface area contributed by atoms with Crippen molar-refractivity contribution in [3.63, 3.8) is 0 Å². The first-order valence-electron chi connectivity index (χ1n) is 5.72. The van der Waals surface area contributed by atoms with E-state index < -0.39 is 11.6 Å².